The zero-order valence-corrected chi connectivity index (χ0v) is 16.1. The van der Waals surface area contributed by atoms with Crippen molar-refractivity contribution in [3.8, 4) is 16.9 Å². The van der Waals surface area contributed by atoms with Crippen molar-refractivity contribution in [1.29, 1.82) is 0 Å². The average molecular weight is 402 g/mol. The lowest BCUT2D eigenvalue weighted by Crippen LogP contribution is -2.17. The Morgan fingerprint density at radius 3 is 1.79 bits per heavy atom. The third-order valence-electron chi connectivity index (χ3n) is 4.70. The van der Waals surface area contributed by atoms with Crippen molar-refractivity contribution in [3.05, 3.63) is 89.2 Å². The zero-order chi connectivity index (χ0) is 20.9. The van der Waals surface area contributed by atoms with E-state index in [4.69, 9.17) is 0 Å². The second-order valence-corrected chi connectivity index (χ2v) is 6.95. The van der Waals surface area contributed by atoms with Gasteiger partial charge in [-0.2, -0.15) is 0 Å². The van der Waals surface area contributed by atoms with Crippen LogP contribution in [0.3, 0.4) is 0 Å². The zero-order valence-electron chi connectivity index (χ0n) is 16.1. The van der Waals surface area contributed by atoms with E-state index in [0.29, 0.717) is 12.0 Å². The van der Waals surface area contributed by atoms with Gasteiger partial charge in [0.25, 0.3) is 0 Å². The molecule has 0 atom stereocenters. The summed E-state index contributed by atoms with van der Waals surface area (Å²) in [5.74, 6) is -0.442. The first-order valence-electron chi connectivity index (χ1n) is 9.56. The summed E-state index contributed by atoms with van der Waals surface area (Å²) in [6.45, 7) is 2.06. The van der Waals surface area contributed by atoms with E-state index in [-0.39, 0.29) is 11.6 Å². The van der Waals surface area contributed by atoms with Crippen molar-refractivity contribution in [3.63, 3.8) is 0 Å². The van der Waals surface area contributed by atoms with Crippen molar-refractivity contribution in [2.24, 2.45) is 0 Å². The van der Waals surface area contributed by atoms with E-state index in [1.807, 2.05) is 36.4 Å². The van der Waals surface area contributed by atoms with Crippen LogP contribution in [0.2, 0.25) is 0 Å². The van der Waals surface area contributed by atoms with Crippen molar-refractivity contribution in [1.82, 2.24) is 0 Å². The van der Waals surface area contributed by atoms with Gasteiger partial charge in [0.05, 0.1) is 0 Å². The number of aryl methyl sites for hydroxylation is 3. The molecule has 0 unspecified atom stereocenters. The molecule has 5 heteroatoms. The molecule has 0 saturated heterocycles. The van der Waals surface area contributed by atoms with Gasteiger partial charge in [0.2, 0.25) is 0 Å². The highest BCUT2D eigenvalue weighted by atomic mass is 19.4. The molecule has 0 bridgehead atoms. The number of alkyl halides is 3. The standard InChI is InChI=1S/C24H22F4O/c1-2-3-19-10-15-22(23(25)16-19)20-11-6-17(7-12-20)4-5-18-8-13-21(14-9-18)29-24(26,27)28/h6-16H,2-5H2,1H3. The van der Waals surface area contributed by atoms with Crippen LogP contribution in [-0.4, -0.2) is 6.36 Å². The molecule has 0 radical (unpaired) electrons. The van der Waals surface area contributed by atoms with Gasteiger partial charge >= 0.3 is 6.36 Å². The van der Waals surface area contributed by atoms with Gasteiger partial charge in [-0.25, -0.2) is 4.39 Å². The quantitative estimate of drug-likeness (QED) is 0.382. The molecule has 152 valence electrons. The highest BCUT2D eigenvalue weighted by molar-refractivity contribution is 5.64. The lowest BCUT2D eigenvalue weighted by molar-refractivity contribution is -0.274. The van der Waals surface area contributed by atoms with Gasteiger partial charge in [0, 0.05) is 5.56 Å². The Kier molecular flexibility index (Phi) is 6.57. The van der Waals surface area contributed by atoms with E-state index in [9.17, 15) is 17.6 Å². The van der Waals surface area contributed by atoms with Gasteiger partial charge in [-0.3, -0.25) is 0 Å². The Labute approximate surface area is 168 Å². The van der Waals surface area contributed by atoms with Crippen LogP contribution in [0.5, 0.6) is 5.75 Å². The van der Waals surface area contributed by atoms with Crippen LogP contribution in [0, 0.1) is 5.82 Å². The molecular formula is C24H22F4O. The molecule has 0 fully saturated rings. The molecule has 0 amide bonds. The topological polar surface area (TPSA) is 9.23 Å². The second-order valence-electron chi connectivity index (χ2n) is 6.95. The predicted molar refractivity (Wildman–Crippen MR) is 106 cm³/mol. The van der Waals surface area contributed by atoms with Gasteiger partial charge in [0.15, 0.2) is 0 Å². The molecular weight excluding hydrogens is 380 g/mol. The van der Waals surface area contributed by atoms with E-state index >= 15 is 0 Å². The molecule has 3 rings (SSSR count). The molecule has 3 aromatic carbocycles. The van der Waals surface area contributed by atoms with Gasteiger partial charge in [0.1, 0.15) is 11.6 Å². The fourth-order valence-electron chi connectivity index (χ4n) is 3.23. The molecule has 1 nitrogen and oxygen atoms in total. The van der Waals surface area contributed by atoms with Gasteiger partial charge in [-0.05, 0) is 59.7 Å². The molecule has 29 heavy (non-hydrogen) atoms. The van der Waals surface area contributed by atoms with E-state index in [1.165, 1.54) is 12.1 Å². The van der Waals surface area contributed by atoms with Crippen molar-refractivity contribution < 1.29 is 22.3 Å². The van der Waals surface area contributed by atoms with E-state index in [0.717, 1.165) is 41.5 Å². The number of hydrogen-bond acceptors (Lipinski definition) is 1. The van der Waals surface area contributed by atoms with E-state index < -0.39 is 6.36 Å². The molecule has 0 heterocycles. The molecule has 0 aliphatic carbocycles. The molecule has 0 spiro atoms. The van der Waals surface area contributed by atoms with Crippen LogP contribution in [0.15, 0.2) is 66.7 Å². The predicted octanol–water partition coefficient (Wildman–Crippen LogP) is 7.13. The molecule has 0 aliphatic heterocycles. The van der Waals surface area contributed by atoms with Crippen LogP contribution < -0.4 is 4.74 Å². The number of benzene rings is 3. The van der Waals surface area contributed by atoms with Crippen molar-refractivity contribution in [2.45, 2.75) is 39.0 Å². The summed E-state index contributed by atoms with van der Waals surface area (Å²) < 4.78 is 54.9. The Morgan fingerprint density at radius 1 is 0.724 bits per heavy atom. The molecule has 3 aromatic rings. The fourth-order valence-corrected chi connectivity index (χ4v) is 3.23. The average Bonchev–Trinajstić information content (AvgIpc) is 2.67. The lowest BCUT2D eigenvalue weighted by atomic mass is 9.98. The summed E-state index contributed by atoms with van der Waals surface area (Å²) in [5.41, 5.74) is 4.39. The molecule has 0 N–H and O–H groups in total. The summed E-state index contributed by atoms with van der Waals surface area (Å²) in [6, 6.07) is 19.0. The van der Waals surface area contributed by atoms with Crippen LogP contribution in [0.4, 0.5) is 17.6 Å². The molecule has 0 aromatic heterocycles. The summed E-state index contributed by atoms with van der Waals surface area (Å²) in [7, 11) is 0. The second kappa shape index (κ2) is 9.12. The smallest absolute Gasteiger partial charge is 0.406 e. The van der Waals surface area contributed by atoms with Crippen LogP contribution >= 0.6 is 0 Å². The Balaban J connectivity index is 1.61. The Bertz CT molecular complexity index is 929. The van der Waals surface area contributed by atoms with Crippen LogP contribution in [-0.2, 0) is 19.3 Å². The number of halogens is 4. The normalized spacial score (nSPS) is 11.5. The number of rotatable bonds is 7. The van der Waals surface area contributed by atoms with Crippen molar-refractivity contribution in [2.75, 3.05) is 0 Å². The minimum Gasteiger partial charge on any atom is -0.406 e. The Morgan fingerprint density at radius 2 is 1.28 bits per heavy atom. The maximum atomic E-state index is 14.4. The van der Waals surface area contributed by atoms with Crippen LogP contribution in [0.25, 0.3) is 11.1 Å². The van der Waals surface area contributed by atoms with Crippen LogP contribution in [0.1, 0.15) is 30.0 Å². The summed E-state index contributed by atoms with van der Waals surface area (Å²) in [6.07, 6.45) is -1.42. The molecule has 0 aliphatic rings. The van der Waals surface area contributed by atoms with Crippen molar-refractivity contribution >= 4 is 0 Å². The summed E-state index contributed by atoms with van der Waals surface area (Å²) >= 11 is 0. The number of ether oxygens (including phenoxy) is 1. The summed E-state index contributed by atoms with van der Waals surface area (Å²) in [5, 5.41) is 0. The van der Waals surface area contributed by atoms with E-state index in [2.05, 4.69) is 11.7 Å². The third kappa shape index (κ3) is 6.08. The van der Waals surface area contributed by atoms with Gasteiger partial charge in [-0.1, -0.05) is 61.9 Å². The maximum absolute atomic E-state index is 14.4. The summed E-state index contributed by atoms with van der Waals surface area (Å²) in [4.78, 5) is 0. The highest BCUT2D eigenvalue weighted by Crippen LogP contribution is 2.26. The maximum Gasteiger partial charge on any atom is 0.573 e. The Hall–Kier alpha value is -2.82. The van der Waals surface area contributed by atoms with Gasteiger partial charge < -0.3 is 4.74 Å². The molecule has 0 saturated carbocycles. The first kappa shape index (κ1) is 20.9. The minimum absolute atomic E-state index is 0.218. The fraction of sp³-hybridized carbons (Fsp3) is 0.250. The minimum atomic E-state index is -4.68. The third-order valence-corrected chi connectivity index (χ3v) is 4.70. The van der Waals surface area contributed by atoms with E-state index in [1.54, 1.807) is 18.2 Å². The highest BCUT2D eigenvalue weighted by Gasteiger charge is 2.30. The lowest BCUT2D eigenvalue weighted by Gasteiger charge is -2.10. The number of hydrogen-bond donors (Lipinski definition) is 0. The largest absolute Gasteiger partial charge is 0.573 e. The monoisotopic (exact) mass is 402 g/mol. The first-order valence-corrected chi connectivity index (χ1v) is 9.56. The first-order chi connectivity index (χ1) is 13.8. The SMILES string of the molecule is CCCc1ccc(-c2ccc(CCc3ccc(OC(F)(F)F)cc3)cc2)c(F)c1. The van der Waals surface area contributed by atoms with Gasteiger partial charge in [-0.15, -0.1) is 13.2 Å².